The molecule has 0 saturated heterocycles. The van der Waals surface area contributed by atoms with Gasteiger partial charge in [-0.3, -0.25) is 14.4 Å². The fraction of sp³-hybridized carbons (Fsp3) is 0.908. The van der Waals surface area contributed by atoms with Crippen molar-refractivity contribution in [1.29, 1.82) is 0 Å². The standard InChI is InChI=1S/C76H144O6/c1-4-7-10-13-16-19-22-25-27-29-31-33-35-37-38-40-41-43-45-47-49-51-54-57-60-63-66-69-75(78)81-72-73(71-80-74(77)68-65-62-59-56-53-24-21-18-15-12-9-6-3)82-76(79)70-67-64-61-58-55-52-50-48-46-44-42-39-36-34-32-30-28-26-23-20-17-14-11-8-5-2/h23,26,30,32,73H,4-22,24-25,27-29,31,33-72H2,1-3H3/b26-23-,32-30-. The summed E-state index contributed by atoms with van der Waals surface area (Å²) >= 11 is 0. The molecule has 0 aromatic carbocycles. The summed E-state index contributed by atoms with van der Waals surface area (Å²) in [6, 6.07) is 0. The largest absolute Gasteiger partial charge is 0.462 e. The highest BCUT2D eigenvalue weighted by Gasteiger charge is 2.20. The molecule has 0 aromatic heterocycles. The molecule has 1 atom stereocenters. The van der Waals surface area contributed by atoms with Crippen molar-refractivity contribution >= 4 is 17.9 Å². The van der Waals surface area contributed by atoms with Gasteiger partial charge in [-0.25, -0.2) is 0 Å². The quantitative estimate of drug-likeness (QED) is 0.0261. The average Bonchev–Trinajstić information content (AvgIpc) is 3.47. The van der Waals surface area contributed by atoms with Crippen molar-refractivity contribution in [1.82, 2.24) is 0 Å². The van der Waals surface area contributed by atoms with Gasteiger partial charge in [0, 0.05) is 19.3 Å². The predicted molar refractivity (Wildman–Crippen MR) is 358 cm³/mol. The van der Waals surface area contributed by atoms with Gasteiger partial charge in [-0.2, -0.15) is 0 Å². The Labute approximate surface area is 513 Å². The molecule has 1 unspecified atom stereocenters. The average molecular weight is 1150 g/mol. The number of hydrogen-bond acceptors (Lipinski definition) is 6. The van der Waals surface area contributed by atoms with Crippen molar-refractivity contribution in [3.8, 4) is 0 Å². The van der Waals surface area contributed by atoms with Crippen LogP contribution in [0.4, 0.5) is 0 Å². The van der Waals surface area contributed by atoms with Crippen molar-refractivity contribution in [3.63, 3.8) is 0 Å². The summed E-state index contributed by atoms with van der Waals surface area (Å²) < 4.78 is 17.0. The van der Waals surface area contributed by atoms with Gasteiger partial charge in [0.25, 0.3) is 0 Å². The van der Waals surface area contributed by atoms with E-state index >= 15 is 0 Å². The Morgan fingerprint density at radius 3 is 0.671 bits per heavy atom. The molecular weight excluding hydrogens is 1010 g/mol. The van der Waals surface area contributed by atoms with Gasteiger partial charge in [-0.1, -0.05) is 379 Å². The lowest BCUT2D eigenvalue weighted by Gasteiger charge is -2.18. The lowest BCUT2D eigenvalue weighted by Crippen LogP contribution is -2.30. The molecule has 0 bridgehead atoms. The number of hydrogen-bond donors (Lipinski definition) is 0. The zero-order valence-electron chi connectivity index (χ0n) is 55.8. The number of esters is 3. The zero-order chi connectivity index (χ0) is 59.2. The third-order valence-corrected chi connectivity index (χ3v) is 17.2. The Morgan fingerprint density at radius 1 is 0.244 bits per heavy atom. The molecule has 0 saturated carbocycles. The second-order valence-electron chi connectivity index (χ2n) is 25.6. The van der Waals surface area contributed by atoms with Crippen LogP contribution in [0.15, 0.2) is 24.3 Å². The molecule has 0 aliphatic heterocycles. The van der Waals surface area contributed by atoms with E-state index in [2.05, 4.69) is 45.1 Å². The SMILES string of the molecule is CCCCCCC/C=C\C/C=C\CCCCCCCCCCCCCCCC(=O)OC(COC(=O)CCCCCCCCCCCCCC)COC(=O)CCCCCCCCCCCCCCCCCCCCCCCCCCCCC. The summed E-state index contributed by atoms with van der Waals surface area (Å²) in [6.45, 7) is 6.71. The smallest absolute Gasteiger partial charge is 0.306 e. The van der Waals surface area contributed by atoms with Gasteiger partial charge in [0.1, 0.15) is 13.2 Å². The van der Waals surface area contributed by atoms with Crippen LogP contribution in [0.3, 0.4) is 0 Å². The van der Waals surface area contributed by atoms with Gasteiger partial charge in [0.2, 0.25) is 0 Å². The molecule has 0 aromatic rings. The van der Waals surface area contributed by atoms with Crippen molar-refractivity contribution in [2.24, 2.45) is 0 Å². The van der Waals surface area contributed by atoms with Crippen molar-refractivity contribution < 1.29 is 28.6 Å². The van der Waals surface area contributed by atoms with Crippen LogP contribution in [-0.4, -0.2) is 37.2 Å². The summed E-state index contributed by atoms with van der Waals surface area (Å²) in [5, 5.41) is 0. The maximum atomic E-state index is 13.0. The molecular formula is C76H144O6. The molecule has 0 spiro atoms. The molecule has 0 rings (SSSR count). The summed E-state index contributed by atoms with van der Waals surface area (Å²) in [6.07, 6.45) is 88.0. The first-order chi connectivity index (χ1) is 40.5. The Balaban J connectivity index is 4.16. The van der Waals surface area contributed by atoms with Crippen molar-refractivity contribution in [2.45, 2.75) is 431 Å². The molecule has 0 aliphatic rings. The number of carbonyl (C=O) groups excluding carboxylic acids is 3. The van der Waals surface area contributed by atoms with Crippen LogP contribution < -0.4 is 0 Å². The molecule has 0 amide bonds. The van der Waals surface area contributed by atoms with Crippen LogP contribution in [0.1, 0.15) is 425 Å². The van der Waals surface area contributed by atoms with E-state index in [1.165, 1.54) is 321 Å². The first kappa shape index (κ1) is 79.9. The van der Waals surface area contributed by atoms with Gasteiger partial charge < -0.3 is 14.2 Å². The molecule has 6 heteroatoms. The van der Waals surface area contributed by atoms with E-state index in [-0.39, 0.29) is 31.1 Å². The summed E-state index contributed by atoms with van der Waals surface area (Å²) in [5.74, 6) is -0.830. The fourth-order valence-electron chi connectivity index (χ4n) is 11.6. The minimum Gasteiger partial charge on any atom is -0.462 e. The first-order valence-electron chi connectivity index (χ1n) is 37.3. The summed E-state index contributed by atoms with van der Waals surface area (Å²) in [5.41, 5.74) is 0. The van der Waals surface area contributed by atoms with Gasteiger partial charge in [-0.05, 0) is 51.4 Å². The number of rotatable bonds is 70. The molecule has 0 aliphatic carbocycles. The molecule has 0 fully saturated rings. The molecule has 0 N–H and O–H groups in total. The third kappa shape index (κ3) is 68.7. The Kier molecular flexibility index (Phi) is 69.5. The molecule has 82 heavy (non-hydrogen) atoms. The second kappa shape index (κ2) is 71.4. The molecule has 0 radical (unpaired) electrons. The Morgan fingerprint density at radius 2 is 0.439 bits per heavy atom. The van der Waals surface area contributed by atoms with Crippen LogP contribution in [0, 0.1) is 0 Å². The van der Waals surface area contributed by atoms with Crippen LogP contribution in [0.2, 0.25) is 0 Å². The number of unbranched alkanes of at least 4 members (excludes halogenated alkanes) is 55. The lowest BCUT2D eigenvalue weighted by atomic mass is 10.0. The minimum atomic E-state index is -0.768. The number of allylic oxidation sites excluding steroid dienone is 4. The Bertz CT molecular complexity index is 1320. The van der Waals surface area contributed by atoms with Crippen LogP contribution in [-0.2, 0) is 28.6 Å². The first-order valence-corrected chi connectivity index (χ1v) is 37.3. The van der Waals surface area contributed by atoms with E-state index in [4.69, 9.17) is 14.2 Å². The van der Waals surface area contributed by atoms with E-state index in [1.54, 1.807) is 0 Å². The van der Waals surface area contributed by atoms with Gasteiger partial charge in [0.05, 0.1) is 0 Å². The predicted octanol–water partition coefficient (Wildman–Crippen LogP) is 25.7. The third-order valence-electron chi connectivity index (χ3n) is 17.2. The molecule has 0 heterocycles. The highest BCUT2D eigenvalue weighted by Crippen LogP contribution is 2.19. The van der Waals surface area contributed by atoms with E-state index in [0.29, 0.717) is 19.3 Å². The second-order valence-corrected chi connectivity index (χ2v) is 25.6. The maximum Gasteiger partial charge on any atom is 0.306 e. The highest BCUT2D eigenvalue weighted by molar-refractivity contribution is 5.71. The maximum absolute atomic E-state index is 13.0. The lowest BCUT2D eigenvalue weighted by molar-refractivity contribution is -0.167. The van der Waals surface area contributed by atoms with Gasteiger partial charge in [0.15, 0.2) is 6.10 Å². The van der Waals surface area contributed by atoms with E-state index < -0.39 is 6.10 Å². The minimum absolute atomic E-state index is 0.0643. The monoisotopic (exact) mass is 1150 g/mol. The van der Waals surface area contributed by atoms with Crippen molar-refractivity contribution in [2.75, 3.05) is 13.2 Å². The topological polar surface area (TPSA) is 78.9 Å². The summed E-state index contributed by atoms with van der Waals surface area (Å²) in [7, 11) is 0. The van der Waals surface area contributed by atoms with Crippen LogP contribution in [0.5, 0.6) is 0 Å². The normalized spacial score (nSPS) is 12.1. The van der Waals surface area contributed by atoms with Crippen LogP contribution >= 0.6 is 0 Å². The van der Waals surface area contributed by atoms with E-state index in [9.17, 15) is 14.4 Å². The zero-order valence-corrected chi connectivity index (χ0v) is 55.8. The van der Waals surface area contributed by atoms with E-state index in [1.807, 2.05) is 0 Å². The molecule has 6 nitrogen and oxygen atoms in total. The van der Waals surface area contributed by atoms with E-state index in [0.717, 1.165) is 64.2 Å². The molecule has 484 valence electrons. The Hall–Kier alpha value is -2.11. The fourth-order valence-corrected chi connectivity index (χ4v) is 11.6. The number of ether oxygens (including phenoxy) is 3. The van der Waals surface area contributed by atoms with Crippen LogP contribution in [0.25, 0.3) is 0 Å². The number of carbonyl (C=O) groups is 3. The summed E-state index contributed by atoms with van der Waals surface area (Å²) in [4.78, 5) is 38.5. The highest BCUT2D eigenvalue weighted by atomic mass is 16.6. The van der Waals surface area contributed by atoms with Gasteiger partial charge in [-0.15, -0.1) is 0 Å². The van der Waals surface area contributed by atoms with Gasteiger partial charge >= 0.3 is 17.9 Å². The van der Waals surface area contributed by atoms with Crippen molar-refractivity contribution in [3.05, 3.63) is 24.3 Å².